The second-order valence-electron chi connectivity index (χ2n) is 4.60. The van der Waals surface area contributed by atoms with Crippen molar-refractivity contribution in [3.63, 3.8) is 0 Å². The normalized spacial score (nSPS) is 15.8. The second kappa shape index (κ2) is 4.45. The molecule has 0 aliphatic carbocycles. The van der Waals surface area contributed by atoms with Crippen LogP contribution >= 0.6 is 0 Å². The monoisotopic (exact) mass is 288 g/mol. The molecule has 0 aromatic heterocycles. The summed E-state index contributed by atoms with van der Waals surface area (Å²) in [6.07, 6.45) is 1.57. The summed E-state index contributed by atoms with van der Waals surface area (Å²) in [5.41, 5.74) is 0.644. The topological polar surface area (TPSA) is 60.4 Å². The van der Waals surface area contributed by atoms with Gasteiger partial charge in [0.2, 0.25) is 9.84 Å². The summed E-state index contributed by atoms with van der Waals surface area (Å²) in [6, 6.07) is 11.0. The quantitative estimate of drug-likeness (QED) is 0.797. The van der Waals surface area contributed by atoms with Crippen molar-refractivity contribution in [3.05, 3.63) is 46.9 Å². The van der Waals surface area contributed by atoms with Crippen LogP contribution in [0, 0.1) is 0 Å². The van der Waals surface area contributed by atoms with Gasteiger partial charge in [-0.1, -0.05) is 36.4 Å². The SMILES string of the molecule is CC(=O)OCC1=Cc2ccc3ccccc3c2S1(=O)=O. The largest absolute Gasteiger partial charge is 0.460 e. The molecule has 0 bridgehead atoms. The minimum Gasteiger partial charge on any atom is -0.460 e. The number of ether oxygens (including phenoxy) is 1. The number of carbonyl (C=O) groups is 1. The van der Waals surface area contributed by atoms with E-state index in [9.17, 15) is 13.2 Å². The van der Waals surface area contributed by atoms with Crippen molar-refractivity contribution >= 4 is 32.7 Å². The van der Waals surface area contributed by atoms with E-state index in [1.165, 1.54) is 6.92 Å². The Morgan fingerprint density at radius 1 is 1.15 bits per heavy atom. The zero-order valence-electron chi connectivity index (χ0n) is 10.8. The lowest BCUT2D eigenvalue weighted by molar-refractivity contribution is -0.139. The molecule has 0 amide bonds. The molecule has 3 rings (SSSR count). The van der Waals surface area contributed by atoms with E-state index in [1.807, 2.05) is 24.3 Å². The van der Waals surface area contributed by atoms with Crippen LogP contribution in [0.5, 0.6) is 0 Å². The minimum atomic E-state index is -3.58. The molecule has 1 heterocycles. The molecule has 102 valence electrons. The predicted molar refractivity (Wildman–Crippen MR) is 75.7 cm³/mol. The molecule has 0 atom stereocenters. The van der Waals surface area contributed by atoms with E-state index < -0.39 is 15.8 Å². The highest BCUT2D eigenvalue weighted by atomic mass is 32.2. The molecule has 1 aliphatic heterocycles. The third-order valence-electron chi connectivity index (χ3n) is 3.26. The van der Waals surface area contributed by atoms with Crippen LogP contribution in [0.15, 0.2) is 46.2 Å². The third-order valence-corrected chi connectivity index (χ3v) is 5.18. The van der Waals surface area contributed by atoms with Crippen LogP contribution in [0.2, 0.25) is 0 Å². The van der Waals surface area contributed by atoms with Crippen molar-refractivity contribution in [2.45, 2.75) is 11.8 Å². The van der Waals surface area contributed by atoms with Gasteiger partial charge >= 0.3 is 5.97 Å². The average Bonchev–Trinajstić information content (AvgIpc) is 2.68. The Morgan fingerprint density at radius 2 is 1.90 bits per heavy atom. The van der Waals surface area contributed by atoms with Crippen LogP contribution in [0.25, 0.3) is 16.8 Å². The molecule has 0 spiro atoms. The van der Waals surface area contributed by atoms with Gasteiger partial charge in [0.05, 0.1) is 9.80 Å². The van der Waals surface area contributed by atoms with Gasteiger partial charge in [-0.3, -0.25) is 4.79 Å². The van der Waals surface area contributed by atoms with E-state index in [0.29, 0.717) is 15.8 Å². The number of esters is 1. The van der Waals surface area contributed by atoms with Gasteiger partial charge in [-0.25, -0.2) is 8.42 Å². The number of benzene rings is 2. The molecular weight excluding hydrogens is 276 g/mol. The maximum atomic E-state index is 12.6. The molecule has 4 nitrogen and oxygen atoms in total. The van der Waals surface area contributed by atoms with Crippen LogP contribution in [0.3, 0.4) is 0 Å². The van der Waals surface area contributed by atoms with Crippen molar-refractivity contribution in [3.8, 4) is 0 Å². The number of sulfone groups is 1. The first-order chi connectivity index (χ1) is 9.50. The van der Waals surface area contributed by atoms with E-state index in [4.69, 9.17) is 4.74 Å². The predicted octanol–water partition coefficient (Wildman–Crippen LogP) is 2.53. The highest BCUT2D eigenvalue weighted by Crippen LogP contribution is 2.37. The van der Waals surface area contributed by atoms with Gasteiger partial charge in [0, 0.05) is 12.3 Å². The first-order valence-corrected chi connectivity index (χ1v) is 7.59. The summed E-state index contributed by atoms with van der Waals surface area (Å²) in [7, 11) is -3.58. The smallest absolute Gasteiger partial charge is 0.302 e. The number of carbonyl (C=O) groups excluding carboxylic acids is 1. The molecule has 0 N–H and O–H groups in total. The molecule has 0 saturated heterocycles. The standard InChI is InChI=1S/C15H12O4S/c1-10(16)19-9-13-8-12-7-6-11-4-2-3-5-14(11)15(12)20(13,17)18/h2-8H,9H2,1H3. The van der Waals surface area contributed by atoms with Crippen molar-refractivity contribution < 1.29 is 17.9 Å². The molecule has 5 heteroatoms. The summed E-state index contributed by atoms with van der Waals surface area (Å²) < 4.78 is 29.9. The molecule has 0 unspecified atom stereocenters. The molecule has 1 aliphatic rings. The molecule has 20 heavy (non-hydrogen) atoms. The fourth-order valence-corrected chi connectivity index (χ4v) is 4.02. The highest BCUT2D eigenvalue weighted by molar-refractivity contribution is 7.96. The van der Waals surface area contributed by atoms with Crippen molar-refractivity contribution in [1.29, 1.82) is 0 Å². The van der Waals surface area contributed by atoms with Gasteiger partial charge in [0.25, 0.3) is 0 Å². The molecule has 2 aromatic carbocycles. The van der Waals surface area contributed by atoms with E-state index >= 15 is 0 Å². The zero-order valence-corrected chi connectivity index (χ0v) is 11.6. The molecule has 0 saturated carbocycles. The number of fused-ring (bicyclic) bond motifs is 3. The fraction of sp³-hybridized carbons (Fsp3) is 0.133. The summed E-state index contributed by atoms with van der Waals surface area (Å²) in [5.74, 6) is -0.498. The Morgan fingerprint density at radius 3 is 2.65 bits per heavy atom. The molecule has 0 radical (unpaired) electrons. The second-order valence-corrected chi connectivity index (χ2v) is 6.54. The van der Waals surface area contributed by atoms with Gasteiger partial charge in [0.1, 0.15) is 6.61 Å². The molecule has 0 fully saturated rings. The van der Waals surface area contributed by atoms with E-state index in [1.54, 1.807) is 18.2 Å². The van der Waals surface area contributed by atoms with Crippen LogP contribution in [-0.2, 0) is 19.4 Å². The average molecular weight is 288 g/mol. The van der Waals surface area contributed by atoms with Gasteiger partial charge in [-0.05, 0) is 17.0 Å². The summed E-state index contributed by atoms with van der Waals surface area (Å²) in [6.45, 7) is 1.03. The van der Waals surface area contributed by atoms with E-state index in [2.05, 4.69) is 0 Å². The first kappa shape index (κ1) is 12.9. The maximum absolute atomic E-state index is 12.6. The fourth-order valence-electron chi connectivity index (χ4n) is 2.35. The number of hydrogen-bond donors (Lipinski definition) is 0. The van der Waals surface area contributed by atoms with Crippen molar-refractivity contribution in [1.82, 2.24) is 0 Å². The Balaban J connectivity index is 2.16. The summed E-state index contributed by atoms with van der Waals surface area (Å²) in [5, 5.41) is 1.57. The third kappa shape index (κ3) is 1.91. The van der Waals surface area contributed by atoms with Crippen molar-refractivity contribution in [2.75, 3.05) is 6.61 Å². The van der Waals surface area contributed by atoms with Crippen molar-refractivity contribution in [2.24, 2.45) is 0 Å². The zero-order chi connectivity index (χ0) is 14.3. The van der Waals surface area contributed by atoms with Crippen LogP contribution in [0.4, 0.5) is 0 Å². The molecule has 2 aromatic rings. The van der Waals surface area contributed by atoms with Crippen LogP contribution in [-0.4, -0.2) is 21.0 Å². The van der Waals surface area contributed by atoms with Crippen LogP contribution < -0.4 is 0 Å². The van der Waals surface area contributed by atoms with Gasteiger partial charge in [-0.15, -0.1) is 0 Å². The Kier molecular flexibility index (Phi) is 2.87. The Bertz CT molecular complexity index is 847. The maximum Gasteiger partial charge on any atom is 0.302 e. The first-order valence-electron chi connectivity index (χ1n) is 6.11. The number of hydrogen-bond acceptors (Lipinski definition) is 4. The van der Waals surface area contributed by atoms with E-state index in [0.717, 1.165) is 5.39 Å². The van der Waals surface area contributed by atoms with Gasteiger partial charge in [0.15, 0.2) is 0 Å². The lowest BCUT2D eigenvalue weighted by Gasteiger charge is -2.07. The minimum absolute atomic E-state index is 0.124. The van der Waals surface area contributed by atoms with Gasteiger partial charge < -0.3 is 4.74 Å². The number of rotatable bonds is 2. The van der Waals surface area contributed by atoms with E-state index in [-0.39, 0.29) is 11.5 Å². The highest BCUT2D eigenvalue weighted by Gasteiger charge is 2.31. The summed E-state index contributed by atoms with van der Waals surface area (Å²) in [4.78, 5) is 11.3. The Labute approximate surface area is 116 Å². The molecular formula is C15H12O4S. The van der Waals surface area contributed by atoms with Gasteiger partial charge in [-0.2, -0.15) is 0 Å². The Hall–Kier alpha value is -2.14. The lowest BCUT2D eigenvalue weighted by atomic mass is 10.1. The lowest BCUT2D eigenvalue weighted by Crippen LogP contribution is -2.09. The van der Waals surface area contributed by atoms with Crippen LogP contribution in [0.1, 0.15) is 12.5 Å². The summed E-state index contributed by atoms with van der Waals surface area (Å²) >= 11 is 0.